The van der Waals surface area contributed by atoms with Gasteiger partial charge < -0.3 is 9.32 Å². The van der Waals surface area contributed by atoms with Gasteiger partial charge >= 0.3 is 0 Å². The molecular weight excluding hydrogens is 294 g/mol. The number of hydrogen-bond acceptors (Lipinski definition) is 2. The van der Waals surface area contributed by atoms with E-state index in [1.54, 1.807) is 0 Å². The third-order valence-electron chi connectivity index (χ3n) is 3.99. The van der Waals surface area contributed by atoms with Crippen LogP contribution in [-0.2, 0) is 0 Å². The van der Waals surface area contributed by atoms with Crippen molar-refractivity contribution in [1.29, 1.82) is 0 Å². The van der Waals surface area contributed by atoms with Crippen LogP contribution in [0.5, 0.6) is 0 Å². The van der Waals surface area contributed by atoms with E-state index in [1.807, 2.05) is 17.9 Å². The van der Waals surface area contributed by atoms with Gasteiger partial charge in [-0.05, 0) is 53.6 Å². The number of carbonyl (C=O) groups excluding carboxylic acids is 1. The number of carbonyl (C=O) groups is 1. The zero-order valence-corrected chi connectivity index (χ0v) is 12.8. The smallest absolute Gasteiger partial charge is 0.289 e. The molecule has 1 saturated heterocycles. The van der Waals surface area contributed by atoms with Gasteiger partial charge in [0.05, 0.1) is 0 Å². The first-order chi connectivity index (χ1) is 8.45. The molecule has 1 fully saturated rings. The van der Waals surface area contributed by atoms with Crippen LogP contribution in [0, 0.1) is 12.3 Å². The first kappa shape index (κ1) is 13.7. The van der Waals surface area contributed by atoms with E-state index in [1.165, 1.54) is 6.42 Å². The predicted molar refractivity (Wildman–Crippen MR) is 74.7 cm³/mol. The molecule has 0 N–H and O–H groups in total. The number of aryl methyl sites for hydroxylation is 1. The Morgan fingerprint density at radius 3 is 2.89 bits per heavy atom. The van der Waals surface area contributed by atoms with E-state index in [-0.39, 0.29) is 11.3 Å². The highest BCUT2D eigenvalue weighted by molar-refractivity contribution is 9.10. The monoisotopic (exact) mass is 313 g/mol. The summed E-state index contributed by atoms with van der Waals surface area (Å²) in [4.78, 5) is 14.3. The quantitative estimate of drug-likeness (QED) is 0.826. The maximum Gasteiger partial charge on any atom is 0.289 e. The number of piperidine rings is 1. The zero-order valence-electron chi connectivity index (χ0n) is 11.3. The standard InChI is InChI=1S/C14H20BrNO2/c1-4-14(3)6-5-7-16(9-14)13(17)11-8-10(2)12(15)18-11/h8H,4-7,9H2,1-3H3. The number of halogens is 1. The first-order valence-corrected chi connectivity index (χ1v) is 7.30. The summed E-state index contributed by atoms with van der Waals surface area (Å²) in [6, 6.07) is 1.81. The molecule has 0 aromatic carbocycles. The molecule has 1 aliphatic rings. The maximum absolute atomic E-state index is 12.4. The van der Waals surface area contributed by atoms with Gasteiger partial charge in [-0.25, -0.2) is 0 Å². The molecular formula is C14H20BrNO2. The van der Waals surface area contributed by atoms with Crippen LogP contribution in [0.4, 0.5) is 0 Å². The van der Waals surface area contributed by atoms with Crippen molar-refractivity contribution in [1.82, 2.24) is 4.90 Å². The molecule has 0 radical (unpaired) electrons. The van der Waals surface area contributed by atoms with Crippen molar-refractivity contribution in [2.45, 2.75) is 40.0 Å². The fourth-order valence-corrected chi connectivity index (χ4v) is 2.79. The molecule has 1 atom stereocenters. The van der Waals surface area contributed by atoms with Crippen LogP contribution in [0.25, 0.3) is 0 Å². The Morgan fingerprint density at radius 1 is 1.61 bits per heavy atom. The number of nitrogens with zero attached hydrogens (tertiary/aromatic N) is 1. The van der Waals surface area contributed by atoms with Gasteiger partial charge in [-0.2, -0.15) is 0 Å². The van der Waals surface area contributed by atoms with E-state index in [4.69, 9.17) is 4.42 Å². The highest BCUT2D eigenvalue weighted by Gasteiger charge is 2.33. The van der Waals surface area contributed by atoms with Gasteiger partial charge in [-0.1, -0.05) is 13.8 Å². The summed E-state index contributed by atoms with van der Waals surface area (Å²) >= 11 is 3.31. The van der Waals surface area contributed by atoms with E-state index in [0.29, 0.717) is 10.4 Å². The van der Waals surface area contributed by atoms with Gasteiger partial charge in [-0.3, -0.25) is 4.79 Å². The van der Waals surface area contributed by atoms with Crippen molar-refractivity contribution in [3.05, 3.63) is 22.1 Å². The van der Waals surface area contributed by atoms with E-state index >= 15 is 0 Å². The van der Waals surface area contributed by atoms with Crippen LogP contribution in [0.2, 0.25) is 0 Å². The van der Waals surface area contributed by atoms with Gasteiger partial charge in [0, 0.05) is 18.7 Å². The van der Waals surface area contributed by atoms with Gasteiger partial charge in [0.25, 0.3) is 5.91 Å². The molecule has 0 aliphatic carbocycles. The second kappa shape index (κ2) is 5.08. The summed E-state index contributed by atoms with van der Waals surface area (Å²) < 4.78 is 6.11. The molecule has 4 heteroatoms. The molecule has 100 valence electrons. The molecule has 0 bridgehead atoms. The molecule has 1 aromatic heterocycles. The summed E-state index contributed by atoms with van der Waals surface area (Å²) in [6.07, 6.45) is 3.39. The van der Waals surface area contributed by atoms with E-state index < -0.39 is 0 Å². The minimum Gasteiger partial charge on any atom is -0.444 e. The number of furan rings is 1. The number of amides is 1. The summed E-state index contributed by atoms with van der Waals surface area (Å²) in [5, 5.41) is 0. The van der Waals surface area contributed by atoms with E-state index in [2.05, 4.69) is 29.8 Å². The zero-order chi connectivity index (χ0) is 13.3. The maximum atomic E-state index is 12.4. The van der Waals surface area contributed by atoms with Gasteiger partial charge in [0.1, 0.15) is 0 Å². The Balaban J connectivity index is 2.14. The highest BCUT2D eigenvalue weighted by Crippen LogP contribution is 2.33. The number of hydrogen-bond donors (Lipinski definition) is 0. The van der Waals surface area contributed by atoms with Crippen LogP contribution in [0.15, 0.2) is 15.2 Å². The van der Waals surface area contributed by atoms with Gasteiger partial charge in [0.2, 0.25) is 0 Å². The number of likely N-dealkylation sites (tertiary alicyclic amines) is 1. The average molecular weight is 314 g/mol. The number of rotatable bonds is 2. The third-order valence-corrected chi connectivity index (χ3v) is 4.78. The normalized spacial score (nSPS) is 24.3. The van der Waals surface area contributed by atoms with E-state index in [0.717, 1.165) is 31.5 Å². The topological polar surface area (TPSA) is 33.5 Å². The van der Waals surface area contributed by atoms with Crippen LogP contribution < -0.4 is 0 Å². The Morgan fingerprint density at radius 2 is 2.33 bits per heavy atom. The summed E-state index contributed by atoms with van der Waals surface area (Å²) in [7, 11) is 0. The lowest BCUT2D eigenvalue weighted by Crippen LogP contribution is -2.44. The van der Waals surface area contributed by atoms with Gasteiger partial charge in [-0.15, -0.1) is 0 Å². The van der Waals surface area contributed by atoms with Crippen LogP contribution in [-0.4, -0.2) is 23.9 Å². The molecule has 1 aliphatic heterocycles. The minimum atomic E-state index is 0.0168. The van der Waals surface area contributed by atoms with Crippen molar-refractivity contribution in [2.75, 3.05) is 13.1 Å². The van der Waals surface area contributed by atoms with Gasteiger partial charge in [0.15, 0.2) is 10.4 Å². The second-order valence-corrected chi connectivity index (χ2v) is 6.28. The Hall–Kier alpha value is -0.770. The molecule has 0 spiro atoms. The van der Waals surface area contributed by atoms with Crippen molar-refractivity contribution in [2.24, 2.45) is 5.41 Å². The Bertz CT molecular complexity index is 435. The summed E-state index contributed by atoms with van der Waals surface area (Å²) in [5.41, 5.74) is 1.22. The second-order valence-electron chi connectivity index (χ2n) is 5.56. The molecule has 18 heavy (non-hydrogen) atoms. The molecule has 0 saturated carbocycles. The largest absolute Gasteiger partial charge is 0.444 e. The lowest BCUT2D eigenvalue weighted by atomic mass is 9.79. The van der Waals surface area contributed by atoms with Crippen LogP contribution in [0.1, 0.15) is 49.2 Å². The average Bonchev–Trinajstić information content (AvgIpc) is 2.69. The van der Waals surface area contributed by atoms with Crippen LogP contribution >= 0.6 is 15.9 Å². The Labute approximate surface area is 117 Å². The SMILES string of the molecule is CCC1(C)CCCN(C(=O)c2cc(C)c(Br)o2)C1. The molecule has 1 aromatic rings. The summed E-state index contributed by atoms with van der Waals surface area (Å²) in [6.45, 7) is 8.06. The fraction of sp³-hybridized carbons (Fsp3) is 0.643. The fourth-order valence-electron chi connectivity index (χ4n) is 2.50. The molecule has 3 nitrogen and oxygen atoms in total. The van der Waals surface area contributed by atoms with Crippen molar-refractivity contribution in [3.63, 3.8) is 0 Å². The molecule has 1 unspecified atom stereocenters. The highest BCUT2D eigenvalue weighted by atomic mass is 79.9. The summed E-state index contributed by atoms with van der Waals surface area (Å²) in [5.74, 6) is 0.461. The lowest BCUT2D eigenvalue weighted by molar-refractivity contribution is 0.0512. The van der Waals surface area contributed by atoms with Crippen LogP contribution in [0.3, 0.4) is 0 Å². The third kappa shape index (κ3) is 2.63. The lowest BCUT2D eigenvalue weighted by Gasteiger charge is -2.39. The first-order valence-electron chi connectivity index (χ1n) is 6.50. The van der Waals surface area contributed by atoms with Crippen molar-refractivity contribution < 1.29 is 9.21 Å². The Kier molecular flexibility index (Phi) is 3.85. The predicted octanol–water partition coefficient (Wildman–Crippen LogP) is 4.00. The van der Waals surface area contributed by atoms with Crippen molar-refractivity contribution in [3.8, 4) is 0 Å². The molecule has 2 rings (SSSR count). The molecule has 2 heterocycles. The van der Waals surface area contributed by atoms with Crippen molar-refractivity contribution >= 4 is 21.8 Å². The minimum absolute atomic E-state index is 0.0168. The molecule has 1 amide bonds. The van der Waals surface area contributed by atoms with E-state index in [9.17, 15) is 4.79 Å².